The largest absolute Gasteiger partial charge is 0.374 e. The summed E-state index contributed by atoms with van der Waals surface area (Å²) in [4.78, 5) is 13.2. The van der Waals surface area contributed by atoms with Crippen LogP contribution in [0, 0.1) is 0 Å². The average Bonchev–Trinajstić information content (AvgIpc) is 2.52. The Morgan fingerprint density at radius 3 is 3.00 bits per heavy atom. The Labute approximate surface area is 73.1 Å². The Bertz CT molecular complexity index is 305. The minimum atomic E-state index is -0.113. The summed E-state index contributed by atoms with van der Waals surface area (Å²) in [6, 6.07) is 0. The highest BCUT2D eigenvalue weighted by atomic mass is 32.1. The van der Waals surface area contributed by atoms with E-state index >= 15 is 0 Å². The maximum absolute atomic E-state index is 9.84. The minimum Gasteiger partial charge on any atom is -0.374 e. The van der Waals surface area contributed by atoms with E-state index < -0.39 is 0 Å². The zero-order chi connectivity index (χ0) is 8.97. The molecule has 6 heteroatoms. The Morgan fingerprint density at radius 1 is 1.67 bits per heavy atom. The summed E-state index contributed by atoms with van der Waals surface area (Å²) in [5.41, 5.74) is 0. The monoisotopic (exact) mass is 185 g/mol. The number of hydrogen-bond donors (Lipinski definition) is 0. The molecule has 0 radical (unpaired) electrons. The van der Waals surface area contributed by atoms with Crippen molar-refractivity contribution in [2.75, 3.05) is 7.11 Å². The second kappa shape index (κ2) is 4.06. The number of hydrogen-bond acceptors (Lipinski definition) is 6. The Balaban J connectivity index is 2.83. The van der Waals surface area contributed by atoms with E-state index in [4.69, 9.17) is 4.74 Å². The van der Waals surface area contributed by atoms with Crippen molar-refractivity contribution in [1.82, 2.24) is 10.2 Å². The quantitative estimate of drug-likeness (QED) is 0.524. The van der Waals surface area contributed by atoms with Crippen LogP contribution in [0.25, 0.3) is 0 Å². The van der Waals surface area contributed by atoms with Crippen LogP contribution in [-0.4, -0.2) is 23.4 Å². The van der Waals surface area contributed by atoms with Crippen LogP contribution in [0.4, 0.5) is 5.13 Å². The highest BCUT2D eigenvalue weighted by Gasteiger charge is 2.09. The molecule has 0 aliphatic rings. The van der Waals surface area contributed by atoms with Crippen molar-refractivity contribution in [1.29, 1.82) is 0 Å². The van der Waals surface area contributed by atoms with Crippen molar-refractivity contribution < 1.29 is 9.53 Å². The van der Waals surface area contributed by atoms with Crippen molar-refractivity contribution in [3.8, 4) is 0 Å². The van der Waals surface area contributed by atoms with Gasteiger partial charge in [0.15, 0.2) is 0 Å². The Kier molecular flexibility index (Phi) is 3.04. The van der Waals surface area contributed by atoms with Gasteiger partial charge in [-0.05, 0) is 6.92 Å². The summed E-state index contributed by atoms with van der Waals surface area (Å²) in [6.45, 7) is 1.84. The number of carbonyl (C=O) groups excluding carboxylic acids is 1. The summed E-state index contributed by atoms with van der Waals surface area (Å²) < 4.78 is 5.00. The van der Waals surface area contributed by atoms with Gasteiger partial charge in [-0.25, -0.2) is 4.79 Å². The van der Waals surface area contributed by atoms with E-state index in [1.54, 1.807) is 7.11 Å². The van der Waals surface area contributed by atoms with Crippen LogP contribution in [0.15, 0.2) is 4.99 Å². The SMILES string of the molecule is COC(C)c1nnc(N=C=O)s1. The third-order valence-electron chi connectivity index (χ3n) is 1.27. The van der Waals surface area contributed by atoms with Crippen LogP contribution in [0.1, 0.15) is 18.0 Å². The lowest BCUT2D eigenvalue weighted by Gasteiger charge is -2.01. The highest BCUT2D eigenvalue weighted by molar-refractivity contribution is 7.15. The predicted octanol–water partition coefficient (Wildman–Crippen LogP) is 1.21. The van der Waals surface area contributed by atoms with Gasteiger partial charge in [-0.2, -0.15) is 0 Å². The molecule has 0 N–H and O–H groups in total. The predicted molar refractivity (Wildman–Crippen MR) is 43.1 cm³/mol. The first-order chi connectivity index (χ1) is 5.77. The van der Waals surface area contributed by atoms with Gasteiger partial charge in [0.05, 0.1) is 0 Å². The van der Waals surface area contributed by atoms with Gasteiger partial charge in [0.1, 0.15) is 11.1 Å². The van der Waals surface area contributed by atoms with Gasteiger partial charge in [-0.3, -0.25) is 0 Å². The Morgan fingerprint density at radius 2 is 2.42 bits per heavy atom. The number of ether oxygens (including phenoxy) is 1. The minimum absolute atomic E-state index is 0.113. The highest BCUT2D eigenvalue weighted by Crippen LogP contribution is 2.24. The summed E-state index contributed by atoms with van der Waals surface area (Å²) in [7, 11) is 1.58. The molecule has 1 rings (SSSR count). The van der Waals surface area contributed by atoms with Gasteiger partial charge >= 0.3 is 0 Å². The fourth-order valence-electron chi connectivity index (χ4n) is 0.576. The van der Waals surface area contributed by atoms with Gasteiger partial charge in [0, 0.05) is 7.11 Å². The molecule has 1 aromatic heterocycles. The topological polar surface area (TPSA) is 64.4 Å². The fourth-order valence-corrected chi connectivity index (χ4v) is 1.27. The molecule has 1 atom stereocenters. The standard InChI is InChI=1S/C6H7N3O2S/c1-4(11-2)5-8-9-6(12-5)7-3-10/h4H,1-2H3. The van der Waals surface area contributed by atoms with Gasteiger partial charge in [-0.1, -0.05) is 11.3 Å². The molecule has 0 aliphatic carbocycles. The molecule has 0 spiro atoms. The summed E-state index contributed by atoms with van der Waals surface area (Å²) in [6.07, 6.45) is 1.28. The van der Waals surface area contributed by atoms with Crippen molar-refractivity contribution >= 4 is 22.5 Å². The molecular formula is C6H7N3O2S. The molecule has 64 valence electrons. The lowest BCUT2D eigenvalue weighted by Crippen LogP contribution is -1.93. The van der Waals surface area contributed by atoms with E-state index in [1.165, 1.54) is 17.4 Å². The lowest BCUT2D eigenvalue weighted by molar-refractivity contribution is 0.118. The zero-order valence-corrected chi connectivity index (χ0v) is 7.46. The van der Waals surface area contributed by atoms with Gasteiger partial charge < -0.3 is 4.74 Å². The first kappa shape index (κ1) is 8.99. The second-order valence-electron chi connectivity index (χ2n) is 2.00. The number of nitrogens with zero attached hydrogens (tertiary/aromatic N) is 3. The molecular weight excluding hydrogens is 178 g/mol. The molecule has 0 bridgehead atoms. The van der Waals surface area contributed by atoms with Crippen molar-refractivity contribution in [2.45, 2.75) is 13.0 Å². The summed E-state index contributed by atoms with van der Waals surface area (Å²) >= 11 is 1.21. The van der Waals surface area contributed by atoms with Gasteiger partial charge in [0.2, 0.25) is 11.2 Å². The molecule has 1 aromatic rings. The van der Waals surface area contributed by atoms with Crippen LogP contribution in [0.5, 0.6) is 0 Å². The lowest BCUT2D eigenvalue weighted by atomic mass is 10.4. The molecule has 1 heterocycles. The molecule has 0 amide bonds. The number of aromatic nitrogens is 2. The Hall–Kier alpha value is -1.10. The van der Waals surface area contributed by atoms with Crippen LogP contribution < -0.4 is 0 Å². The molecule has 5 nitrogen and oxygen atoms in total. The number of aliphatic imine (C=N–C) groups is 1. The second-order valence-corrected chi connectivity index (χ2v) is 2.99. The fraction of sp³-hybridized carbons (Fsp3) is 0.500. The molecule has 12 heavy (non-hydrogen) atoms. The molecule has 0 fully saturated rings. The van der Waals surface area contributed by atoms with Gasteiger partial charge in [-0.15, -0.1) is 15.2 Å². The molecule has 0 saturated carbocycles. The maximum Gasteiger partial charge on any atom is 0.242 e. The number of methoxy groups -OCH3 is 1. The smallest absolute Gasteiger partial charge is 0.242 e. The van der Waals surface area contributed by atoms with Crippen LogP contribution in [-0.2, 0) is 9.53 Å². The number of rotatable bonds is 3. The first-order valence-corrected chi connectivity index (χ1v) is 4.03. The van der Waals surface area contributed by atoms with Crippen LogP contribution >= 0.6 is 11.3 Å². The van der Waals surface area contributed by atoms with E-state index in [0.29, 0.717) is 10.1 Å². The zero-order valence-electron chi connectivity index (χ0n) is 6.64. The van der Waals surface area contributed by atoms with E-state index in [1.807, 2.05) is 6.92 Å². The molecule has 1 unspecified atom stereocenters. The van der Waals surface area contributed by atoms with Crippen LogP contribution in [0.2, 0.25) is 0 Å². The maximum atomic E-state index is 9.84. The molecule has 0 saturated heterocycles. The summed E-state index contributed by atoms with van der Waals surface area (Å²) in [5, 5.41) is 8.42. The molecule has 0 aliphatic heterocycles. The van der Waals surface area contributed by atoms with E-state index in [-0.39, 0.29) is 6.10 Å². The van der Waals surface area contributed by atoms with Crippen molar-refractivity contribution in [3.05, 3.63) is 5.01 Å². The van der Waals surface area contributed by atoms with Crippen molar-refractivity contribution in [2.24, 2.45) is 4.99 Å². The molecule has 0 aromatic carbocycles. The van der Waals surface area contributed by atoms with Gasteiger partial charge in [0.25, 0.3) is 0 Å². The van der Waals surface area contributed by atoms with Crippen LogP contribution in [0.3, 0.4) is 0 Å². The third-order valence-corrected chi connectivity index (χ3v) is 2.25. The van der Waals surface area contributed by atoms with E-state index in [2.05, 4.69) is 15.2 Å². The van der Waals surface area contributed by atoms with Crippen molar-refractivity contribution in [3.63, 3.8) is 0 Å². The first-order valence-electron chi connectivity index (χ1n) is 3.22. The number of isocyanates is 1. The van der Waals surface area contributed by atoms with E-state index in [0.717, 1.165) is 0 Å². The third kappa shape index (κ3) is 1.94. The average molecular weight is 185 g/mol. The van der Waals surface area contributed by atoms with E-state index in [9.17, 15) is 4.79 Å². The normalized spacial score (nSPS) is 12.2. The summed E-state index contributed by atoms with van der Waals surface area (Å²) in [5.74, 6) is 0.